The first-order valence-corrected chi connectivity index (χ1v) is 9.62. The van der Waals surface area contributed by atoms with E-state index < -0.39 is 0 Å². The van der Waals surface area contributed by atoms with Crippen LogP contribution in [0, 0.1) is 6.92 Å². The zero-order valence-corrected chi connectivity index (χ0v) is 16.3. The topological polar surface area (TPSA) is 54.9 Å². The van der Waals surface area contributed by atoms with Crippen molar-refractivity contribution >= 4 is 34.3 Å². The molecule has 0 radical (unpaired) electrons. The van der Waals surface area contributed by atoms with E-state index in [1.807, 2.05) is 50.2 Å². The molecule has 0 saturated carbocycles. The van der Waals surface area contributed by atoms with Gasteiger partial charge in [0, 0.05) is 11.1 Å². The van der Waals surface area contributed by atoms with E-state index in [0.717, 1.165) is 32.7 Å². The Bertz CT molecular complexity index is 934. The number of hydrogen-bond acceptors (Lipinski definition) is 4. The molecule has 3 aromatic rings. The minimum absolute atomic E-state index is 0.0195. The Morgan fingerprint density at radius 1 is 1.04 bits per heavy atom. The minimum atomic E-state index is -0.270. The molecule has 0 fully saturated rings. The maximum atomic E-state index is 12.8. The summed E-state index contributed by atoms with van der Waals surface area (Å²) in [6, 6.07) is 14.0. The normalized spacial score (nSPS) is 12.3. The van der Waals surface area contributed by atoms with E-state index in [9.17, 15) is 4.79 Å². The number of para-hydroxylation sites is 2. The van der Waals surface area contributed by atoms with E-state index in [4.69, 9.17) is 0 Å². The first-order valence-electron chi connectivity index (χ1n) is 8.74. The summed E-state index contributed by atoms with van der Waals surface area (Å²) in [5, 5.41) is 4.65. The number of anilines is 1. The lowest BCUT2D eigenvalue weighted by Crippen LogP contribution is -2.24. The Hall–Kier alpha value is -2.40. The highest BCUT2D eigenvalue weighted by Gasteiger charge is 2.19. The van der Waals surface area contributed by atoms with Gasteiger partial charge in [-0.05, 0) is 37.0 Å². The Balaban J connectivity index is 1.81. The molecule has 2 aromatic carbocycles. The summed E-state index contributed by atoms with van der Waals surface area (Å²) >= 11 is 1.46. The van der Waals surface area contributed by atoms with E-state index in [-0.39, 0.29) is 11.2 Å². The van der Waals surface area contributed by atoms with Crippen molar-refractivity contribution in [1.29, 1.82) is 0 Å². The zero-order chi connectivity index (χ0) is 18.7. The van der Waals surface area contributed by atoms with Gasteiger partial charge in [-0.1, -0.05) is 62.0 Å². The van der Waals surface area contributed by atoms with Crippen LogP contribution in [0.4, 0.5) is 5.69 Å². The predicted octanol–water partition coefficient (Wildman–Crippen LogP) is 5.18. The van der Waals surface area contributed by atoms with Crippen LogP contribution < -0.4 is 5.32 Å². The lowest BCUT2D eigenvalue weighted by molar-refractivity contribution is -0.115. The molecule has 1 amide bonds. The molecule has 0 aliphatic carbocycles. The number of nitrogens with one attached hydrogen (secondary N) is 1. The standard InChI is InChI=1S/C21H23N3OS/c1-13(2)16-10-7-8-14(3)19(16)24-20(25)15(4)26-21-17-9-5-6-11-18(17)22-12-23-21/h5-13,15H,1-4H3,(H,24,25). The number of amides is 1. The van der Waals surface area contributed by atoms with Gasteiger partial charge in [0.2, 0.25) is 5.91 Å². The van der Waals surface area contributed by atoms with Crippen molar-refractivity contribution in [3.05, 3.63) is 59.9 Å². The predicted molar refractivity (Wildman–Crippen MR) is 109 cm³/mol. The van der Waals surface area contributed by atoms with Gasteiger partial charge >= 0.3 is 0 Å². The van der Waals surface area contributed by atoms with Crippen LogP contribution >= 0.6 is 11.8 Å². The third-order valence-electron chi connectivity index (χ3n) is 4.34. The largest absolute Gasteiger partial charge is 0.325 e. The second-order valence-corrected chi connectivity index (χ2v) is 7.97. The average molecular weight is 366 g/mol. The molecular weight excluding hydrogens is 342 g/mol. The van der Waals surface area contributed by atoms with Crippen LogP contribution in [0.15, 0.2) is 53.8 Å². The number of hydrogen-bond donors (Lipinski definition) is 1. The summed E-state index contributed by atoms with van der Waals surface area (Å²) < 4.78 is 0. The minimum Gasteiger partial charge on any atom is -0.325 e. The maximum Gasteiger partial charge on any atom is 0.237 e. The van der Waals surface area contributed by atoms with E-state index >= 15 is 0 Å². The number of rotatable bonds is 5. The highest BCUT2D eigenvalue weighted by atomic mass is 32.2. The van der Waals surface area contributed by atoms with Gasteiger partial charge in [0.05, 0.1) is 10.8 Å². The van der Waals surface area contributed by atoms with Crippen molar-refractivity contribution in [3.8, 4) is 0 Å². The summed E-state index contributed by atoms with van der Waals surface area (Å²) in [5.74, 6) is 0.327. The smallest absolute Gasteiger partial charge is 0.237 e. The van der Waals surface area contributed by atoms with E-state index in [1.165, 1.54) is 11.8 Å². The summed E-state index contributed by atoms with van der Waals surface area (Å²) in [4.78, 5) is 21.5. The molecule has 0 spiro atoms. The highest BCUT2D eigenvalue weighted by Crippen LogP contribution is 2.31. The number of nitrogens with zero attached hydrogens (tertiary/aromatic N) is 2. The molecule has 5 heteroatoms. The fourth-order valence-electron chi connectivity index (χ4n) is 2.86. The molecule has 1 atom stereocenters. The van der Waals surface area contributed by atoms with Crippen LogP contribution in [-0.2, 0) is 4.79 Å². The van der Waals surface area contributed by atoms with Gasteiger partial charge in [0.1, 0.15) is 11.4 Å². The summed E-state index contributed by atoms with van der Waals surface area (Å²) in [6.45, 7) is 8.20. The molecule has 0 aliphatic rings. The van der Waals surface area contributed by atoms with Crippen molar-refractivity contribution in [2.24, 2.45) is 0 Å². The molecule has 3 rings (SSSR count). The fourth-order valence-corrected chi connectivity index (χ4v) is 3.77. The van der Waals surface area contributed by atoms with Gasteiger partial charge in [-0.15, -0.1) is 0 Å². The van der Waals surface area contributed by atoms with Gasteiger partial charge in [-0.25, -0.2) is 9.97 Å². The maximum absolute atomic E-state index is 12.8. The highest BCUT2D eigenvalue weighted by molar-refractivity contribution is 8.00. The van der Waals surface area contributed by atoms with E-state index in [2.05, 4.69) is 35.2 Å². The van der Waals surface area contributed by atoms with Gasteiger partial charge in [-0.2, -0.15) is 0 Å². The zero-order valence-electron chi connectivity index (χ0n) is 15.5. The molecular formula is C21H23N3OS. The number of carbonyl (C=O) groups excluding carboxylic acids is 1. The van der Waals surface area contributed by atoms with Crippen molar-refractivity contribution in [3.63, 3.8) is 0 Å². The second kappa shape index (κ2) is 7.87. The fraction of sp³-hybridized carbons (Fsp3) is 0.286. The Labute approximate surface area is 158 Å². The molecule has 26 heavy (non-hydrogen) atoms. The molecule has 1 aromatic heterocycles. The van der Waals surface area contributed by atoms with Gasteiger partial charge < -0.3 is 5.32 Å². The van der Waals surface area contributed by atoms with Crippen molar-refractivity contribution < 1.29 is 4.79 Å². The number of thioether (sulfide) groups is 1. The van der Waals surface area contributed by atoms with Crippen molar-refractivity contribution in [2.45, 2.75) is 43.9 Å². The number of carbonyl (C=O) groups is 1. The van der Waals surface area contributed by atoms with E-state index in [1.54, 1.807) is 6.33 Å². The number of benzene rings is 2. The molecule has 0 saturated heterocycles. The molecule has 1 heterocycles. The van der Waals surface area contributed by atoms with Crippen LogP contribution in [0.1, 0.15) is 37.8 Å². The summed E-state index contributed by atoms with van der Waals surface area (Å²) in [7, 11) is 0. The number of aryl methyl sites for hydroxylation is 1. The monoisotopic (exact) mass is 365 g/mol. The third kappa shape index (κ3) is 3.88. The Morgan fingerprint density at radius 3 is 2.58 bits per heavy atom. The first kappa shape index (κ1) is 18.4. The number of fused-ring (bicyclic) bond motifs is 1. The molecule has 0 aliphatic heterocycles. The van der Waals surface area contributed by atoms with Crippen LogP contribution in [0.3, 0.4) is 0 Å². The molecule has 4 nitrogen and oxygen atoms in total. The average Bonchev–Trinajstić information content (AvgIpc) is 2.63. The number of aromatic nitrogens is 2. The molecule has 1 N–H and O–H groups in total. The van der Waals surface area contributed by atoms with Crippen LogP contribution in [-0.4, -0.2) is 21.1 Å². The Morgan fingerprint density at radius 2 is 1.81 bits per heavy atom. The van der Waals surface area contributed by atoms with Crippen molar-refractivity contribution in [2.75, 3.05) is 5.32 Å². The lowest BCUT2D eigenvalue weighted by Gasteiger charge is -2.18. The van der Waals surface area contributed by atoms with Crippen LogP contribution in [0.25, 0.3) is 10.9 Å². The molecule has 134 valence electrons. The Kier molecular flexibility index (Phi) is 5.57. The second-order valence-electron chi connectivity index (χ2n) is 6.64. The van der Waals surface area contributed by atoms with E-state index in [0.29, 0.717) is 5.92 Å². The SMILES string of the molecule is Cc1cccc(C(C)C)c1NC(=O)C(C)Sc1ncnc2ccccc12. The van der Waals surface area contributed by atoms with Crippen LogP contribution in [0.5, 0.6) is 0 Å². The van der Waals surface area contributed by atoms with Crippen LogP contribution in [0.2, 0.25) is 0 Å². The van der Waals surface area contributed by atoms with Gasteiger partial charge in [-0.3, -0.25) is 4.79 Å². The molecule has 1 unspecified atom stereocenters. The summed E-state index contributed by atoms with van der Waals surface area (Å²) in [6.07, 6.45) is 1.55. The van der Waals surface area contributed by atoms with Gasteiger partial charge in [0.25, 0.3) is 0 Å². The third-order valence-corrected chi connectivity index (χ3v) is 5.46. The molecule has 0 bridgehead atoms. The first-order chi connectivity index (χ1) is 12.5. The van der Waals surface area contributed by atoms with Gasteiger partial charge in [0.15, 0.2) is 0 Å². The lowest BCUT2D eigenvalue weighted by atomic mass is 9.98. The quantitative estimate of drug-likeness (QED) is 0.500. The summed E-state index contributed by atoms with van der Waals surface area (Å²) in [5.41, 5.74) is 4.04. The van der Waals surface area contributed by atoms with Crippen molar-refractivity contribution in [1.82, 2.24) is 9.97 Å².